The Kier molecular flexibility index (Phi) is 6.89. The van der Waals surface area contributed by atoms with Crippen molar-refractivity contribution in [3.63, 3.8) is 0 Å². The highest BCUT2D eigenvalue weighted by Gasteiger charge is 2.51. The highest BCUT2D eigenvalue weighted by Crippen LogP contribution is 2.50. The van der Waals surface area contributed by atoms with E-state index in [0.717, 1.165) is 50.3 Å². The minimum atomic E-state index is -0.0660. The van der Waals surface area contributed by atoms with Crippen LogP contribution >= 0.6 is 0 Å². The summed E-state index contributed by atoms with van der Waals surface area (Å²) < 4.78 is 11.1. The Bertz CT molecular complexity index is 920. The van der Waals surface area contributed by atoms with Crippen molar-refractivity contribution in [2.45, 2.75) is 56.7 Å². The molecular weight excluding hydrogens is 402 g/mol. The van der Waals surface area contributed by atoms with Gasteiger partial charge in [0, 0.05) is 30.6 Å². The molecule has 0 bridgehead atoms. The zero-order valence-electron chi connectivity index (χ0n) is 19.4. The molecule has 1 saturated carbocycles. The molecule has 172 valence electrons. The lowest BCUT2D eigenvalue weighted by Crippen LogP contribution is -2.53. The highest BCUT2D eigenvalue weighted by molar-refractivity contribution is 5.74. The maximum Gasteiger partial charge on any atom is 0.314 e. The number of carbonyl (C=O) groups excluding carboxylic acids is 1. The molecule has 1 aliphatic heterocycles. The third-order valence-electron chi connectivity index (χ3n) is 7.23. The van der Waals surface area contributed by atoms with E-state index in [2.05, 4.69) is 58.0 Å². The van der Waals surface area contributed by atoms with Gasteiger partial charge in [-0.05, 0) is 62.4 Å². The lowest BCUT2D eigenvalue weighted by Gasteiger charge is -2.45. The van der Waals surface area contributed by atoms with E-state index in [0.29, 0.717) is 12.6 Å². The third-order valence-corrected chi connectivity index (χ3v) is 7.23. The summed E-state index contributed by atoms with van der Waals surface area (Å²) in [4.78, 5) is 14.8. The molecule has 0 spiro atoms. The van der Waals surface area contributed by atoms with Crippen LogP contribution in [0.2, 0.25) is 0 Å². The number of amides is 2. The van der Waals surface area contributed by atoms with Gasteiger partial charge in [0.15, 0.2) is 11.5 Å². The molecule has 2 aromatic rings. The molecule has 2 aliphatic rings. The summed E-state index contributed by atoms with van der Waals surface area (Å²) in [6, 6.07) is 17.5. The summed E-state index contributed by atoms with van der Waals surface area (Å²) in [5.41, 5.74) is 2.69. The molecule has 2 aromatic carbocycles. The van der Waals surface area contributed by atoms with Gasteiger partial charge >= 0.3 is 6.03 Å². The molecule has 0 aromatic heterocycles. The number of nitrogens with zero attached hydrogens (tertiary/aromatic N) is 1. The first kappa shape index (κ1) is 22.5. The predicted octanol–water partition coefficient (Wildman–Crippen LogP) is 4.09. The fourth-order valence-electron chi connectivity index (χ4n) is 5.66. The standard InChI is InChI=1S/C26H35N3O3/c1-4-27-25(30)28-21-12-13-26(20-10-11-22(31-2)23(16-20)32-3)14-15-29(24(26)17-21)18-19-8-6-5-7-9-19/h5-11,16,21,24H,4,12-15,17-18H2,1-3H3,(H2,27,28,30)/t21-,24-,26-/m0/s1. The van der Waals surface area contributed by atoms with Crippen LogP contribution in [0, 0.1) is 0 Å². The van der Waals surface area contributed by atoms with Gasteiger partial charge in [0.1, 0.15) is 0 Å². The average molecular weight is 438 g/mol. The Morgan fingerprint density at radius 3 is 2.59 bits per heavy atom. The SMILES string of the molecule is CCNC(=O)N[C@H]1CC[C@@]2(c3ccc(OC)c(OC)c3)CCN(Cc3ccccc3)[C@H]2C1. The first-order chi connectivity index (χ1) is 15.6. The summed E-state index contributed by atoms with van der Waals surface area (Å²) in [7, 11) is 3.37. The van der Waals surface area contributed by atoms with E-state index in [9.17, 15) is 4.79 Å². The van der Waals surface area contributed by atoms with Crippen LogP contribution in [0.5, 0.6) is 11.5 Å². The highest BCUT2D eigenvalue weighted by atomic mass is 16.5. The Balaban J connectivity index is 1.63. The van der Waals surface area contributed by atoms with Crippen LogP contribution in [-0.4, -0.2) is 50.3 Å². The van der Waals surface area contributed by atoms with E-state index in [1.807, 2.05) is 13.0 Å². The summed E-state index contributed by atoms with van der Waals surface area (Å²) in [6.45, 7) is 4.55. The van der Waals surface area contributed by atoms with Crippen molar-refractivity contribution in [1.82, 2.24) is 15.5 Å². The van der Waals surface area contributed by atoms with Gasteiger partial charge in [-0.2, -0.15) is 0 Å². The third kappa shape index (κ3) is 4.42. The number of ether oxygens (including phenoxy) is 2. The molecular formula is C26H35N3O3. The van der Waals surface area contributed by atoms with Crippen LogP contribution in [-0.2, 0) is 12.0 Å². The van der Waals surface area contributed by atoms with Gasteiger partial charge in [-0.15, -0.1) is 0 Å². The van der Waals surface area contributed by atoms with E-state index in [1.54, 1.807) is 14.2 Å². The molecule has 2 fully saturated rings. The number of urea groups is 1. The Morgan fingerprint density at radius 2 is 1.88 bits per heavy atom. The van der Waals surface area contributed by atoms with Crippen molar-refractivity contribution >= 4 is 6.03 Å². The first-order valence-electron chi connectivity index (χ1n) is 11.6. The van der Waals surface area contributed by atoms with Crippen molar-refractivity contribution < 1.29 is 14.3 Å². The van der Waals surface area contributed by atoms with E-state index < -0.39 is 0 Å². The van der Waals surface area contributed by atoms with Crippen LogP contribution in [0.15, 0.2) is 48.5 Å². The Labute approximate surface area is 191 Å². The molecule has 6 nitrogen and oxygen atoms in total. The van der Waals surface area contributed by atoms with Gasteiger partial charge in [0.05, 0.1) is 14.2 Å². The van der Waals surface area contributed by atoms with Crippen molar-refractivity contribution in [3.05, 3.63) is 59.7 Å². The van der Waals surface area contributed by atoms with Crippen LogP contribution < -0.4 is 20.1 Å². The smallest absolute Gasteiger partial charge is 0.314 e. The lowest BCUT2D eigenvalue weighted by atomic mass is 9.65. The number of hydrogen-bond acceptors (Lipinski definition) is 4. The van der Waals surface area contributed by atoms with Crippen LogP contribution in [0.3, 0.4) is 0 Å². The van der Waals surface area contributed by atoms with Crippen molar-refractivity contribution in [1.29, 1.82) is 0 Å². The molecule has 0 radical (unpaired) electrons. The number of hydrogen-bond donors (Lipinski definition) is 2. The fourth-order valence-corrected chi connectivity index (χ4v) is 5.66. The van der Waals surface area contributed by atoms with Gasteiger partial charge in [-0.25, -0.2) is 4.79 Å². The van der Waals surface area contributed by atoms with Crippen molar-refractivity contribution in [2.24, 2.45) is 0 Å². The quantitative estimate of drug-likeness (QED) is 0.685. The molecule has 2 amide bonds. The van der Waals surface area contributed by atoms with Gasteiger partial charge in [-0.1, -0.05) is 36.4 Å². The zero-order chi connectivity index (χ0) is 22.6. The molecule has 4 rings (SSSR count). The van der Waals surface area contributed by atoms with Gasteiger partial charge in [0.25, 0.3) is 0 Å². The number of nitrogens with one attached hydrogen (secondary N) is 2. The van der Waals surface area contributed by atoms with Crippen molar-refractivity contribution in [3.8, 4) is 11.5 Å². The number of benzene rings is 2. The number of methoxy groups -OCH3 is 2. The van der Waals surface area contributed by atoms with E-state index in [4.69, 9.17) is 9.47 Å². The predicted molar refractivity (Wildman–Crippen MR) is 126 cm³/mol. The summed E-state index contributed by atoms with van der Waals surface area (Å²) in [5, 5.41) is 6.08. The van der Waals surface area contributed by atoms with E-state index in [1.165, 1.54) is 11.1 Å². The maximum absolute atomic E-state index is 12.2. The summed E-state index contributed by atoms with van der Waals surface area (Å²) >= 11 is 0. The van der Waals surface area contributed by atoms with Crippen LogP contribution in [0.25, 0.3) is 0 Å². The van der Waals surface area contributed by atoms with Gasteiger partial charge in [-0.3, -0.25) is 4.90 Å². The maximum atomic E-state index is 12.2. The molecule has 1 aliphatic carbocycles. The molecule has 1 heterocycles. The second kappa shape index (κ2) is 9.82. The Hall–Kier alpha value is -2.73. The zero-order valence-corrected chi connectivity index (χ0v) is 19.4. The van der Waals surface area contributed by atoms with Crippen molar-refractivity contribution in [2.75, 3.05) is 27.3 Å². The summed E-state index contributed by atoms with van der Waals surface area (Å²) in [6.07, 6.45) is 4.06. The monoisotopic (exact) mass is 437 g/mol. The molecule has 32 heavy (non-hydrogen) atoms. The summed E-state index contributed by atoms with van der Waals surface area (Å²) in [5.74, 6) is 1.54. The number of carbonyl (C=O) groups is 1. The lowest BCUT2D eigenvalue weighted by molar-refractivity contribution is 0.130. The average Bonchev–Trinajstić information content (AvgIpc) is 3.18. The second-order valence-corrected chi connectivity index (χ2v) is 8.92. The molecule has 6 heteroatoms. The number of fused-ring (bicyclic) bond motifs is 1. The molecule has 3 atom stereocenters. The van der Waals surface area contributed by atoms with E-state index in [-0.39, 0.29) is 17.5 Å². The Morgan fingerprint density at radius 1 is 1.09 bits per heavy atom. The molecule has 2 N–H and O–H groups in total. The van der Waals surface area contributed by atoms with Gasteiger partial charge in [0.2, 0.25) is 0 Å². The first-order valence-corrected chi connectivity index (χ1v) is 11.6. The number of rotatable bonds is 7. The van der Waals surface area contributed by atoms with Crippen LogP contribution in [0.1, 0.15) is 43.7 Å². The molecule has 0 unspecified atom stereocenters. The number of likely N-dealkylation sites (tertiary alicyclic amines) is 1. The minimum absolute atomic E-state index is 0.0493. The second-order valence-electron chi connectivity index (χ2n) is 8.92. The fraction of sp³-hybridized carbons (Fsp3) is 0.500. The molecule has 1 saturated heterocycles. The minimum Gasteiger partial charge on any atom is -0.493 e. The van der Waals surface area contributed by atoms with Crippen LogP contribution in [0.4, 0.5) is 4.79 Å². The normalized spacial score (nSPS) is 25.1. The topological polar surface area (TPSA) is 62.8 Å². The largest absolute Gasteiger partial charge is 0.493 e. The van der Waals surface area contributed by atoms with Gasteiger partial charge < -0.3 is 20.1 Å². The van der Waals surface area contributed by atoms with E-state index >= 15 is 0 Å².